The Labute approximate surface area is 93.2 Å². The van der Waals surface area contributed by atoms with Gasteiger partial charge in [-0.1, -0.05) is 12.1 Å². The lowest BCUT2D eigenvalue weighted by Crippen LogP contribution is -2.07. The van der Waals surface area contributed by atoms with Gasteiger partial charge in [-0.3, -0.25) is 0 Å². The van der Waals surface area contributed by atoms with Gasteiger partial charge in [0, 0.05) is 0 Å². The second-order valence-corrected chi connectivity index (χ2v) is 3.20. The normalized spacial score (nSPS) is 10.4. The minimum Gasteiger partial charge on any atom is -0.494 e. The standard InChI is InChI=1S/C10H13N5O/c1-11-7-10-12-14-15(13-10)8-5-3-4-6-9(8)16-2/h3-6,11H,7H2,1-2H3. The summed E-state index contributed by atoms with van der Waals surface area (Å²) < 4.78 is 5.22. The molecule has 0 spiro atoms. The van der Waals surface area contributed by atoms with Crippen molar-refractivity contribution >= 4 is 0 Å². The molecular weight excluding hydrogens is 206 g/mol. The van der Waals surface area contributed by atoms with Crippen LogP contribution in [0.2, 0.25) is 0 Å². The van der Waals surface area contributed by atoms with Crippen LogP contribution in [0.25, 0.3) is 5.69 Å². The van der Waals surface area contributed by atoms with E-state index in [1.165, 1.54) is 4.80 Å². The number of ether oxygens (including phenoxy) is 1. The van der Waals surface area contributed by atoms with Crippen molar-refractivity contribution < 1.29 is 4.74 Å². The number of para-hydroxylation sites is 2. The van der Waals surface area contributed by atoms with Crippen molar-refractivity contribution in [2.75, 3.05) is 14.2 Å². The second-order valence-electron chi connectivity index (χ2n) is 3.20. The average Bonchev–Trinajstić information content (AvgIpc) is 2.78. The molecule has 0 saturated heterocycles. The van der Waals surface area contributed by atoms with Crippen molar-refractivity contribution in [3.63, 3.8) is 0 Å². The van der Waals surface area contributed by atoms with Crippen LogP contribution >= 0.6 is 0 Å². The maximum Gasteiger partial charge on any atom is 0.188 e. The first-order valence-electron chi connectivity index (χ1n) is 4.92. The molecule has 0 amide bonds. The summed E-state index contributed by atoms with van der Waals surface area (Å²) in [7, 11) is 3.45. The van der Waals surface area contributed by atoms with Crippen LogP contribution in [0.1, 0.15) is 5.82 Å². The first kappa shape index (κ1) is 10.6. The van der Waals surface area contributed by atoms with Crippen molar-refractivity contribution in [1.29, 1.82) is 0 Å². The van der Waals surface area contributed by atoms with Gasteiger partial charge in [0.2, 0.25) is 0 Å². The number of methoxy groups -OCH3 is 1. The monoisotopic (exact) mass is 219 g/mol. The van der Waals surface area contributed by atoms with Gasteiger partial charge in [0.15, 0.2) is 5.82 Å². The third-order valence-electron chi connectivity index (χ3n) is 2.09. The molecule has 0 aliphatic rings. The van der Waals surface area contributed by atoms with Crippen molar-refractivity contribution in [2.45, 2.75) is 6.54 Å². The molecule has 0 radical (unpaired) electrons. The van der Waals surface area contributed by atoms with Crippen LogP contribution < -0.4 is 10.1 Å². The van der Waals surface area contributed by atoms with E-state index >= 15 is 0 Å². The molecule has 84 valence electrons. The molecule has 0 unspecified atom stereocenters. The number of benzene rings is 1. The molecule has 0 aliphatic heterocycles. The van der Waals surface area contributed by atoms with Crippen LogP contribution in [-0.4, -0.2) is 34.4 Å². The molecule has 0 fully saturated rings. The van der Waals surface area contributed by atoms with Crippen LogP contribution in [-0.2, 0) is 6.54 Å². The molecule has 2 rings (SSSR count). The first-order chi connectivity index (χ1) is 7.85. The number of hydrogen-bond acceptors (Lipinski definition) is 5. The summed E-state index contributed by atoms with van der Waals surface area (Å²) in [5.41, 5.74) is 0.778. The zero-order valence-electron chi connectivity index (χ0n) is 9.21. The predicted molar refractivity (Wildman–Crippen MR) is 58.5 cm³/mol. The lowest BCUT2D eigenvalue weighted by molar-refractivity contribution is 0.409. The Morgan fingerprint density at radius 3 is 2.94 bits per heavy atom. The zero-order chi connectivity index (χ0) is 11.4. The van der Waals surface area contributed by atoms with Crippen molar-refractivity contribution in [1.82, 2.24) is 25.5 Å². The number of aromatic nitrogens is 4. The SMILES string of the molecule is CNCc1nnn(-c2ccccc2OC)n1. The van der Waals surface area contributed by atoms with Gasteiger partial charge in [-0.15, -0.1) is 15.0 Å². The van der Waals surface area contributed by atoms with Crippen LogP contribution in [0.15, 0.2) is 24.3 Å². The number of rotatable bonds is 4. The second kappa shape index (κ2) is 4.71. The summed E-state index contributed by atoms with van der Waals surface area (Å²) >= 11 is 0. The summed E-state index contributed by atoms with van der Waals surface area (Å²) in [6.45, 7) is 0.592. The highest BCUT2D eigenvalue weighted by Gasteiger charge is 2.08. The lowest BCUT2D eigenvalue weighted by Gasteiger charge is -2.04. The average molecular weight is 219 g/mol. The number of tetrazole rings is 1. The Morgan fingerprint density at radius 1 is 1.38 bits per heavy atom. The molecule has 0 saturated carbocycles. The largest absolute Gasteiger partial charge is 0.494 e. The smallest absolute Gasteiger partial charge is 0.188 e. The summed E-state index contributed by atoms with van der Waals surface area (Å²) in [6, 6.07) is 7.53. The van der Waals surface area contributed by atoms with Gasteiger partial charge < -0.3 is 10.1 Å². The van der Waals surface area contributed by atoms with Crippen LogP contribution in [0.5, 0.6) is 5.75 Å². The van der Waals surface area contributed by atoms with E-state index in [2.05, 4.69) is 20.7 Å². The van der Waals surface area contributed by atoms with E-state index < -0.39 is 0 Å². The van der Waals surface area contributed by atoms with Crippen LogP contribution in [0, 0.1) is 0 Å². The van der Waals surface area contributed by atoms with E-state index in [4.69, 9.17) is 4.74 Å². The first-order valence-corrected chi connectivity index (χ1v) is 4.92. The molecule has 2 aromatic rings. The third-order valence-corrected chi connectivity index (χ3v) is 2.09. The van der Waals surface area contributed by atoms with E-state index in [9.17, 15) is 0 Å². The Hall–Kier alpha value is -1.95. The molecule has 6 heteroatoms. The molecule has 1 aromatic carbocycles. The lowest BCUT2D eigenvalue weighted by atomic mass is 10.3. The number of nitrogens with zero attached hydrogens (tertiary/aromatic N) is 4. The molecule has 0 bridgehead atoms. The molecule has 1 aromatic heterocycles. The Kier molecular flexibility index (Phi) is 3.11. The maximum absolute atomic E-state index is 5.22. The highest BCUT2D eigenvalue weighted by atomic mass is 16.5. The van der Waals surface area contributed by atoms with Gasteiger partial charge in [-0.25, -0.2) is 0 Å². The molecule has 16 heavy (non-hydrogen) atoms. The predicted octanol–water partition coefficient (Wildman–Crippen LogP) is 0.390. The molecule has 0 aliphatic carbocycles. The highest BCUT2D eigenvalue weighted by Crippen LogP contribution is 2.19. The molecule has 0 atom stereocenters. The fraction of sp³-hybridized carbons (Fsp3) is 0.300. The summed E-state index contributed by atoms with van der Waals surface area (Å²) in [6.07, 6.45) is 0. The van der Waals surface area contributed by atoms with E-state index in [0.29, 0.717) is 12.4 Å². The van der Waals surface area contributed by atoms with Crippen molar-refractivity contribution in [2.24, 2.45) is 0 Å². The Morgan fingerprint density at radius 2 is 2.19 bits per heavy atom. The van der Waals surface area contributed by atoms with E-state index in [1.54, 1.807) is 7.11 Å². The van der Waals surface area contributed by atoms with Crippen molar-refractivity contribution in [3.8, 4) is 11.4 Å². The van der Waals surface area contributed by atoms with Crippen LogP contribution in [0.3, 0.4) is 0 Å². The fourth-order valence-corrected chi connectivity index (χ4v) is 1.37. The van der Waals surface area contributed by atoms with Gasteiger partial charge in [0.25, 0.3) is 0 Å². The quantitative estimate of drug-likeness (QED) is 0.805. The molecule has 6 nitrogen and oxygen atoms in total. The molecular formula is C10H13N5O. The summed E-state index contributed by atoms with van der Waals surface area (Å²) in [5.74, 6) is 1.37. The number of nitrogens with one attached hydrogen (secondary N) is 1. The van der Waals surface area contributed by atoms with Gasteiger partial charge in [-0.2, -0.15) is 0 Å². The van der Waals surface area contributed by atoms with E-state index in [1.807, 2.05) is 31.3 Å². The summed E-state index contributed by atoms with van der Waals surface area (Å²) in [4.78, 5) is 1.46. The summed E-state index contributed by atoms with van der Waals surface area (Å²) in [5, 5.41) is 15.1. The third kappa shape index (κ3) is 2.01. The minimum atomic E-state index is 0.592. The number of hydrogen-bond donors (Lipinski definition) is 1. The zero-order valence-corrected chi connectivity index (χ0v) is 9.21. The minimum absolute atomic E-state index is 0.592. The van der Waals surface area contributed by atoms with E-state index in [0.717, 1.165) is 11.4 Å². The van der Waals surface area contributed by atoms with Gasteiger partial charge in [0.05, 0.1) is 13.7 Å². The van der Waals surface area contributed by atoms with Crippen molar-refractivity contribution in [3.05, 3.63) is 30.1 Å². The van der Waals surface area contributed by atoms with Gasteiger partial charge in [-0.05, 0) is 24.4 Å². The molecule has 1 N–H and O–H groups in total. The van der Waals surface area contributed by atoms with Crippen LogP contribution in [0.4, 0.5) is 0 Å². The van der Waals surface area contributed by atoms with E-state index in [-0.39, 0.29) is 0 Å². The highest BCUT2D eigenvalue weighted by molar-refractivity contribution is 5.44. The van der Waals surface area contributed by atoms with Gasteiger partial charge in [0.1, 0.15) is 11.4 Å². The Bertz CT molecular complexity index is 468. The topological polar surface area (TPSA) is 64.9 Å². The molecule has 1 heterocycles. The Balaban J connectivity index is 2.34. The maximum atomic E-state index is 5.22. The fourth-order valence-electron chi connectivity index (χ4n) is 1.37. The van der Waals surface area contributed by atoms with Gasteiger partial charge >= 0.3 is 0 Å².